The number of pyridine rings is 1. The number of aryl methyl sites for hydroxylation is 2. The van der Waals surface area contributed by atoms with Gasteiger partial charge in [-0.15, -0.1) is 0 Å². The van der Waals surface area contributed by atoms with Crippen molar-refractivity contribution in [2.24, 2.45) is 0 Å². The number of hydrogen-bond donors (Lipinski definition) is 2. The van der Waals surface area contributed by atoms with Gasteiger partial charge in [0.25, 0.3) is 5.91 Å². The third-order valence-corrected chi connectivity index (χ3v) is 7.96. The van der Waals surface area contributed by atoms with Crippen LogP contribution in [0.4, 0.5) is 5.82 Å². The standard InChI is InChI=1S/C33H41N5O2/c1-6-7-24-16-23(4)17-31(39)29(24)21-35-33(40)28-18-26(19-30-27(28)10-11-38(30)22(2)3)25-8-9-32(34-20-25)37-14-12-36(5)13-15-37/h8-11,16-20,22,39H,6-7,12-15,21H2,1-5H3,(H,35,40). The highest BCUT2D eigenvalue weighted by molar-refractivity contribution is 6.08. The summed E-state index contributed by atoms with van der Waals surface area (Å²) in [6.07, 6.45) is 5.79. The van der Waals surface area contributed by atoms with E-state index in [2.05, 4.69) is 78.0 Å². The first kappa shape index (κ1) is 27.7. The molecular formula is C33H41N5O2. The number of rotatable bonds is 8. The number of carbonyl (C=O) groups is 1. The second-order valence-corrected chi connectivity index (χ2v) is 11.3. The molecule has 1 saturated heterocycles. The number of fused-ring (bicyclic) bond motifs is 1. The smallest absolute Gasteiger partial charge is 0.252 e. The molecule has 0 atom stereocenters. The van der Waals surface area contributed by atoms with Gasteiger partial charge >= 0.3 is 0 Å². The maximum atomic E-state index is 13.7. The van der Waals surface area contributed by atoms with E-state index in [-0.39, 0.29) is 24.2 Å². The highest BCUT2D eigenvalue weighted by atomic mass is 16.3. The number of carbonyl (C=O) groups excluding carboxylic acids is 1. The lowest BCUT2D eigenvalue weighted by Crippen LogP contribution is -2.44. The first-order valence-corrected chi connectivity index (χ1v) is 14.4. The quantitative estimate of drug-likeness (QED) is 0.290. The van der Waals surface area contributed by atoms with Gasteiger partial charge < -0.3 is 24.8 Å². The van der Waals surface area contributed by atoms with Crippen LogP contribution in [0.3, 0.4) is 0 Å². The predicted molar refractivity (Wildman–Crippen MR) is 163 cm³/mol. The summed E-state index contributed by atoms with van der Waals surface area (Å²) < 4.78 is 2.20. The molecule has 2 aromatic carbocycles. The largest absolute Gasteiger partial charge is 0.508 e. The summed E-state index contributed by atoms with van der Waals surface area (Å²) in [5, 5.41) is 14.7. The van der Waals surface area contributed by atoms with Crippen molar-refractivity contribution in [1.29, 1.82) is 0 Å². The fourth-order valence-corrected chi connectivity index (χ4v) is 5.68. The molecule has 5 rings (SSSR count). The van der Waals surface area contributed by atoms with E-state index in [1.54, 1.807) is 6.07 Å². The lowest BCUT2D eigenvalue weighted by Gasteiger charge is -2.33. The normalized spacial score (nSPS) is 14.3. The Morgan fingerprint density at radius 3 is 2.50 bits per heavy atom. The van der Waals surface area contributed by atoms with Gasteiger partial charge in [0.2, 0.25) is 0 Å². The van der Waals surface area contributed by atoms with Crippen molar-refractivity contribution in [3.8, 4) is 16.9 Å². The number of nitrogens with one attached hydrogen (secondary N) is 1. The Morgan fingerprint density at radius 1 is 1.05 bits per heavy atom. The van der Waals surface area contributed by atoms with Crippen LogP contribution in [0.15, 0.2) is 54.9 Å². The Morgan fingerprint density at radius 2 is 1.82 bits per heavy atom. The summed E-state index contributed by atoms with van der Waals surface area (Å²) in [5.74, 6) is 1.07. The summed E-state index contributed by atoms with van der Waals surface area (Å²) >= 11 is 0. The highest BCUT2D eigenvalue weighted by Gasteiger charge is 2.19. The van der Waals surface area contributed by atoms with Crippen molar-refractivity contribution in [2.75, 3.05) is 38.1 Å². The minimum atomic E-state index is -0.155. The van der Waals surface area contributed by atoms with E-state index in [1.165, 1.54) is 0 Å². The molecule has 1 aliphatic rings. The maximum Gasteiger partial charge on any atom is 0.252 e. The molecule has 0 saturated carbocycles. The van der Waals surface area contributed by atoms with E-state index < -0.39 is 0 Å². The number of nitrogens with zero attached hydrogens (tertiary/aromatic N) is 4. The minimum absolute atomic E-state index is 0.155. The number of aromatic nitrogens is 2. The van der Waals surface area contributed by atoms with Gasteiger partial charge in [-0.1, -0.05) is 19.4 Å². The molecule has 1 fully saturated rings. The number of amides is 1. The van der Waals surface area contributed by atoms with E-state index in [0.29, 0.717) is 5.56 Å². The van der Waals surface area contributed by atoms with E-state index in [9.17, 15) is 9.90 Å². The van der Waals surface area contributed by atoms with E-state index in [0.717, 1.165) is 83.6 Å². The minimum Gasteiger partial charge on any atom is -0.508 e. The maximum absolute atomic E-state index is 13.7. The van der Waals surface area contributed by atoms with Crippen LogP contribution in [0.2, 0.25) is 0 Å². The second kappa shape index (κ2) is 11.7. The Bertz CT molecular complexity index is 1500. The highest BCUT2D eigenvalue weighted by Crippen LogP contribution is 2.31. The number of phenolic OH excluding ortho intramolecular Hbond substituents is 1. The van der Waals surface area contributed by atoms with Crippen molar-refractivity contribution < 1.29 is 9.90 Å². The van der Waals surface area contributed by atoms with Crippen LogP contribution in [0.5, 0.6) is 5.75 Å². The number of hydrogen-bond acceptors (Lipinski definition) is 5. The van der Waals surface area contributed by atoms with Crippen molar-refractivity contribution in [3.63, 3.8) is 0 Å². The number of piperazine rings is 1. The molecule has 1 aliphatic heterocycles. The van der Waals surface area contributed by atoms with E-state index in [4.69, 9.17) is 4.98 Å². The topological polar surface area (TPSA) is 73.6 Å². The van der Waals surface area contributed by atoms with Crippen molar-refractivity contribution >= 4 is 22.6 Å². The predicted octanol–water partition coefficient (Wildman–Crippen LogP) is 5.93. The van der Waals surface area contributed by atoms with E-state index >= 15 is 0 Å². The monoisotopic (exact) mass is 539 g/mol. The van der Waals surface area contributed by atoms with E-state index in [1.807, 2.05) is 25.3 Å². The van der Waals surface area contributed by atoms with Crippen LogP contribution in [0.1, 0.15) is 60.3 Å². The van der Waals surface area contributed by atoms with Crippen LogP contribution in [0.25, 0.3) is 22.0 Å². The Kier molecular flexibility index (Phi) is 8.12. The lowest BCUT2D eigenvalue weighted by atomic mass is 9.98. The molecule has 0 radical (unpaired) electrons. The molecule has 7 heteroatoms. The van der Waals surface area contributed by atoms with Gasteiger partial charge in [-0.25, -0.2) is 4.98 Å². The van der Waals surface area contributed by atoms with Crippen LogP contribution in [-0.4, -0.2) is 58.7 Å². The zero-order valence-electron chi connectivity index (χ0n) is 24.4. The molecule has 0 aliphatic carbocycles. The van der Waals surface area contributed by atoms with Crippen molar-refractivity contribution in [2.45, 2.75) is 53.1 Å². The molecule has 1 amide bonds. The average Bonchev–Trinajstić information content (AvgIpc) is 3.37. The first-order valence-electron chi connectivity index (χ1n) is 14.4. The molecule has 0 spiro atoms. The molecule has 40 heavy (non-hydrogen) atoms. The molecule has 2 N–H and O–H groups in total. The number of likely N-dealkylation sites (N-methyl/N-ethyl adjacent to an activating group) is 1. The fourth-order valence-electron chi connectivity index (χ4n) is 5.68. The van der Waals surface area contributed by atoms with Gasteiger partial charge in [-0.2, -0.15) is 0 Å². The molecule has 2 aromatic heterocycles. The third-order valence-electron chi connectivity index (χ3n) is 7.96. The number of phenols is 1. The number of aromatic hydroxyl groups is 1. The molecule has 7 nitrogen and oxygen atoms in total. The summed E-state index contributed by atoms with van der Waals surface area (Å²) in [6, 6.07) is 14.5. The summed E-state index contributed by atoms with van der Waals surface area (Å²) in [5.41, 5.74) is 6.47. The fraction of sp³-hybridized carbons (Fsp3) is 0.394. The number of benzene rings is 2. The van der Waals surface area contributed by atoms with Crippen molar-refractivity contribution in [1.82, 2.24) is 19.8 Å². The first-order chi connectivity index (χ1) is 19.2. The number of anilines is 1. The summed E-state index contributed by atoms with van der Waals surface area (Å²) in [4.78, 5) is 23.2. The Hall–Kier alpha value is -3.84. The molecule has 210 valence electrons. The molecular weight excluding hydrogens is 498 g/mol. The SMILES string of the molecule is CCCc1cc(C)cc(O)c1CNC(=O)c1cc(-c2ccc(N3CCN(C)CC3)nc2)cc2c1ccn2C(C)C. The lowest BCUT2D eigenvalue weighted by molar-refractivity contribution is 0.0952. The molecule has 3 heterocycles. The van der Waals surface area contributed by atoms with Gasteiger partial charge in [0.1, 0.15) is 11.6 Å². The third kappa shape index (κ3) is 5.70. The van der Waals surface area contributed by atoms with Gasteiger partial charge in [-0.05, 0) is 87.3 Å². The van der Waals surface area contributed by atoms with Crippen LogP contribution >= 0.6 is 0 Å². The van der Waals surface area contributed by atoms with Crippen molar-refractivity contribution in [3.05, 3.63) is 77.1 Å². The van der Waals surface area contributed by atoms with Gasteiger partial charge in [0.15, 0.2) is 0 Å². The zero-order chi connectivity index (χ0) is 28.4. The molecule has 0 unspecified atom stereocenters. The van der Waals surface area contributed by atoms with Gasteiger partial charge in [-0.3, -0.25) is 4.79 Å². The van der Waals surface area contributed by atoms with Crippen LogP contribution < -0.4 is 10.2 Å². The Balaban J connectivity index is 1.47. The van der Waals surface area contributed by atoms with Gasteiger partial charge in [0, 0.05) is 78.8 Å². The Labute approximate surface area is 237 Å². The van der Waals surface area contributed by atoms with Crippen LogP contribution in [0, 0.1) is 6.92 Å². The molecule has 0 bridgehead atoms. The second-order valence-electron chi connectivity index (χ2n) is 11.3. The zero-order valence-corrected chi connectivity index (χ0v) is 24.4. The summed E-state index contributed by atoms with van der Waals surface area (Å²) in [7, 11) is 2.15. The van der Waals surface area contributed by atoms with Gasteiger partial charge in [0.05, 0.1) is 0 Å². The van der Waals surface area contributed by atoms with Crippen LogP contribution in [-0.2, 0) is 13.0 Å². The molecule has 4 aromatic rings. The summed E-state index contributed by atoms with van der Waals surface area (Å²) in [6.45, 7) is 12.7. The average molecular weight is 540 g/mol.